The zero-order valence-corrected chi connectivity index (χ0v) is 23.3. The Labute approximate surface area is 232 Å². The Kier molecular flexibility index (Phi) is 6.46. The van der Waals surface area contributed by atoms with Crippen LogP contribution >= 0.6 is 23.2 Å². The van der Waals surface area contributed by atoms with E-state index in [1.54, 1.807) is 0 Å². The van der Waals surface area contributed by atoms with Crippen molar-refractivity contribution in [2.75, 3.05) is 0 Å². The topological polar surface area (TPSA) is 0 Å². The molecular weight excluding hydrogens is 551 g/mol. The van der Waals surface area contributed by atoms with Crippen LogP contribution in [0.2, 0.25) is 0 Å². The number of hydrogen-bond acceptors (Lipinski definition) is 0. The molecule has 0 fully saturated rings. The van der Waals surface area contributed by atoms with Crippen LogP contribution in [0.1, 0.15) is 33.4 Å². The number of fused-ring (bicyclic) bond motifs is 2. The van der Waals surface area contributed by atoms with Gasteiger partial charge in [0.05, 0.1) is 0 Å². The minimum Gasteiger partial charge on any atom is -0.104 e. The van der Waals surface area contributed by atoms with Gasteiger partial charge in [0.1, 0.15) is 19.3 Å². The number of halogens is 2. The average Bonchev–Trinajstić information content (AvgIpc) is 3.33. The molecule has 2 atom stereocenters. The maximum Gasteiger partial charge on any atom is 0.116 e. The Morgan fingerprint density at radius 2 is 0.824 bits per heavy atom. The number of rotatable bonds is 4. The minimum absolute atomic E-state index is 0. The molecule has 4 heteroatoms. The smallest absolute Gasteiger partial charge is 0.104 e. The van der Waals surface area contributed by atoms with E-state index >= 15 is 0 Å². The van der Waals surface area contributed by atoms with Crippen molar-refractivity contribution in [1.29, 1.82) is 0 Å². The Hall–Kier alpha value is -1.96. The molecule has 0 N–H and O–H groups in total. The fourth-order valence-electron chi connectivity index (χ4n) is 5.02. The predicted molar refractivity (Wildman–Crippen MR) is 141 cm³/mol. The number of hydrogen-bond donors (Lipinski definition) is 0. The molecule has 2 radical (unpaired) electrons. The summed E-state index contributed by atoms with van der Waals surface area (Å²) in [5, 5.41) is 2.35. The third-order valence-electron chi connectivity index (χ3n) is 6.62. The van der Waals surface area contributed by atoms with Gasteiger partial charge in [-0.1, -0.05) is 132 Å². The Morgan fingerprint density at radius 3 is 1.24 bits per heavy atom. The maximum atomic E-state index is 7.59. The summed E-state index contributed by atoms with van der Waals surface area (Å²) in [7, 11) is 0.344. The largest absolute Gasteiger partial charge is 0.116 e. The van der Waals surface area contributed by atoms with E-state index in [1.807, 2.05) is 12.1 Å². The SMILES string of the molecule is ClC1(c2ccccc2)C([Si]C2=Cc3ccccc3C2(Cl)c2ccccc2)=Cc2ccccc21.[Zr]. The fourth-order valence-corrected chi connectivity index (χ4v) is 7.66. The van der Waals surface area contributed by atoms with Crippen molar-refractivity contribution in [3.05, 3.63) is 153 Å². The van der Waals surface area contributed by atoms with Gasteiger partial charge in [-0.3, -0.25) is 0 Å². The van der Waals surface area contributed by atoms with Crippen molar-refractivity contribution < 1.29 is 26.2 Å². The molecule has 0 amide bonds. The zero-order valence-electron chi connectivity index (χ0n) is 18.3. The molecule has 162 valence electrons. The summed E-state index contributed by atoms with van der Waals surface area (Å²) in [4.78, 5) is -1.42. The van der Waals surface area contributed by atoms with Gasteiger partial charge in [-0.15, -0.1) is 23.2 Å². The van der Waals surface area contributed by atoms with E-state index in [1.165, 1.54) is 21.5 Å². The van der Waals surface area contributed by atoms with E-state index in [4.69, 9.17) is 23.2 Å². The van der Waals surface area contributed by atoms with Gasteiger partial charge in [-0.25, -0.2) is 0 Å². The molecule has 0 spiro atoms. The maximum absolute atomic E-state index is 7.59. The molecule has 6 rings (SSSR count). The van der Waals surface area contributed by atoms with Gasteiger partial charge in [0, 0.05) is 26.2 Å². The van der Waals surface area contributed by atoms with E-state index in [9.17, 15) is 0 Å². The molecule has 0 aromatic heterocycles. The number of benzene rings is 4. The average molecular weight is 571 g/mol. The van der Waals surface area contributed by atoms with E-state index in [0.29, 0.717) is 9.52 Å². The van der Waals surface area contributed by atoms with Crippen LogP contribution in [-0.4, -0.2) is 9.52 Å². The molecule has 4 aromatic rings. The standard InChI is InChI=1S/C30H20Cl2Si.Zr/c31-29(23-13-3-1-4-14-23)25-17-9-7-11-21(25)19-27(29)33-28-20-22-12-8-10-18-26(22)30(28,32)24-15-5-2-6-16-24;/h1-20H;. The van der Waals surface area contributed by atoms with Crippen LogP contribution in [0.5, 0.6) is 0 Å². The Bertz CT molecular complexity index is 1310. The van der Waals surface area contributed by atoms with Gasteiger partial charge in [0.25, 0.3) is 0 Å². The van der Waals surface area contributed by atoms with Crippen LogP contribution < -0.4 is 0 Å². The van der Waals surface area contributed by atoms with Crippen LogP contribution in [0.25, 0.3) is 12.2 Å². The Morgan fingerprint density at radius 1 is 0.471 bits per heavy atom. The number of alkyl halides is 2. The van der Waals surface area contributed by atoms with E-state index in [-0.39, 0.29) is 26.2 Å². The second kappa shape index (κ2) is 9.25. The summed E-state index contributed by atoms with van der Waals surface area (Å²) in [6.07, 6.45) is 4.53. The third kappa shape index (κ3) is 3.59. The first-order chi connectivity index (χ1) is 16.1. The molecule has 0 aliphatic heterocycles. The quantitative estimate of drug-likeness (QED) is 0.174. The van der Waals surface area contributed by atoms with Crippen molar-refractivity contribution in [1.82, 2.24) is 0 Å². The van der Waals surface area contributed by atoms with Gasteiger partial charge in [0.15, 0.2) is 0 Å². The molecule has 0 saturated heterocycles. The molecule has 0 saturated carbocycles. The first-order valence-corrected chi connectivity index (χ1v) is 12.8. The van der Waals surface area contributed by atoms with Gasteiger partial charge >= 0.3 is 0 Å². The summed E-state index contributed by atoms with van der Waals surface area (Å²) < 4.78 is 0. The van der Waals surface area contributed by atoms with Gasteiger partial charge in [-0.2, -0.15) is 0 Å². The molecular formula is C30H20Cl2SiZr. The molecule has 4 aromatic carbocycles. The van der Waals surface area contributed by atoms with Crippen LogP contribution in [0, 0.1) is 0 Å². The molecule has 2 unspecified atom stereocenters. The normalized spacial score (nSPS) is 22.3. The van der Waals surface area contributed by atoms with Crippen molar-refractivity contribution in [3.63, 3.8) is 0 Å². The zero-order chi connectivity index (χ0) is 22.5. The second-order valence-electron chi connectivity index (χ2n) is 8.46. The summed E-state index contributed by atoms with van der Waals surface area (Å²) in [6, 6.07) is 37.7. The van der Waals surface area contributed by atoms with Gasteiger partial charge < -0.3 is 0 Å². The first kappa shape index (κ1) is 23.8. The van der Waals surface area contributed by atoms with E-state index in [2.05, 4.69) is 109 Å². The molecule has 2 aliphatic carbocycles. The van der Waals surface area contributed by atoms with Crippen molar-refractivity contribution in [2.45, 2.75) is 9.75 Å². The molecule has 0 heterocycles. The fraction of sp³-hybridized carbons (Fsp3) is 0.0667. The summed E-state index contributed by atoms with van der Waals surface area (Å²) in [6.45, 7) is 0. The monoisotopic (exact) mass is 568 g/mol. The molecule has 34 heavy (non-hydrogen) atoms. The Balaban J connectivity index is 0.00000241. The van der Waals surface area contributed by atoms with Crippen molar-refractivity contribution in [2.24, 2.45) is 0 Å². The van der Waals surface area contributed by atoms with Gasteiger partial charge in [0.2, 0.25) is 0 Å². The molecule has 2 aliphatic rings. The summed E-state index contributed by atoms with van der Waals surface area (Å²) >= 11 is 15.2. The second-order valence-corrected chi connectivity index (χ2v) is 10.9. The molecule has 0 nitrogen and oxygen atoms in total. The third-order valence-corrected chi connectivity index (χ3v) is 9.76. The van der Waals surface area contributed by atoms with Crippen LogP contribution in [0.4, 0.5) is 0 Å². The van der Waals surface area contributed by atoms with E-state index < -0.39 is 9.75 Å². The van der Waals surface area contributed by atoms with Crippen LogP contribution in [-0.2, 0) is 36.0 Å². The summed E-state index contributed by atoms with van der Waals surface area (Å²) in [5.41, 5.74) is 6.80. The van der Waals surface area contributed by atoms with Crippen LogP contribution in [0.15, 0.2) is 120 Å². The predicted octanol–water partition coefficient (Wildman–Crippen LogP) is 7.76. The van der Waals surface area contributed by atoms with E-state index in [0.717, 1.165) is 22.3 Å². The minimum atomic E-state index is -0.708. The first-order valence-electron chi connectivity index (χ1n) is 11.0. The number of allylic oxidation sites excluding steroid dienone is 2. The molecule has 0 bridgehead atoms. The summed E-state index contributed by atoms with van der Waals surface area (Å²) in [5.74, 6) is 0. The van der Waals surface area contributed by atoms with Crippen LogP contribution in [0.3, 0.4) is 0 Å². The van der Waals surface area contributed by atoms with Crippen molar-refractivity contribution in [3.8, 4) is 0 Å². The van der Waals surface area contributed by atoms with Crippen molar-refractivity contribution >= 4 is 44.9 Å². The van der Waals surface area contributed by atoms with Gasteiger partial charge in [-0.05, 0) is 33.4 Å².